The molecule has 1 aromatic carbocycles. The molecule has 3 nitrogen and oxygen atoms in total. The Hall–Kier alpha value is -1.35. The van der Waals surface area contributed by atoms with E-state index < -0.39 is 11.9 Å². The topological polar surface area (TPSA) is 43.4 Å². The number of benzene rings is 1. The van der Waals surface area contributed by atoms with Gasteiger partial charge in [0.05, 0.1) is 7.11 Å². The smallest absolute Gasteiger partial charge is 0.316 e. The first-order chi connectivity index (χ1) is 7.13. The van der Waals surface area contributed by atoms with Gasteiger partial charge in [-0.25, -0.2) is 0 Å². The number of esters is 1. The first kappa shape index (κ1) is 10.2. The fourth-order valence-electron chi connectivity index (χ4n) is 1.80. The van der Waals surface area contributed by atoms with Crippen LogP contribution in [-0.4, -0.2) is 18.9 Å². The molecule has 15 heavy (non-hydrogen) atoms. The van der Waals surface area contributed by atoms with E-state index in [1.807, 2.05) is 0 Å². The molecule has 1 atom stereocenters. The fraction of sp³-hybridized carbons (Fsp3) is 0.273. The Kier molecular flexibility index (Phi) is 2.49. The van der Waals surface area contributed by atoms with Gasteiger partial charge in [0.15, 0.2) is 5.78 Å². The van der Waals surface area contributed by atoms with Crippen LogP contribution in [0.4, 0.5) is 0 Å². The van der Waals surface area contributed by atoms with Crippen LogP contribution in [0.1, 0.15) is 15.9 Å². The summed E-state index contributed by atoms with van der Waals surface area (Å²) >= 11 is 5.80. The number of hydrogen-bond donors (Lipinski definition) is 0. The van der Waals surface area contributed by atoms with E-state index >= 15 is 0 Å². The van der Waals surface area contributed by atoms with Gasteiger partial charge in [0.1, 0.15) is 5.92 Å². The molecule has 0 fully saturated rings. The van der Waals surface area contributed by atoms with Crippen molar-refractivity contribution in [1.82, 2.24) is 0 Å². The predicted molar refractivity (Wildman–Crippen MR) is 55.0 cm³/mol. The number of carbonyl (C=O) groups excluding carboxylic acids is 2. The summed E-state index contributed by atoms with van der Waals surface area (Å²) in [7, 11) is 1.28. The summed E-state index contributed by atoms with van der Waals surface area (Å²) in [5.41, 5.74) is 1.40. The van der Waals surface area contributed by atoms with Crippen LogP contribution >= 0.6 is 11.6 Å². The minimum atomic E-state index is -0.691. The average molecular weight is 225 g/mol. The van der Waals surface area contributed by atoms with Gasteiger partial charge >= 0.3 is 5.97 Å². The molecule has 0 unspecified atom stereocenters. The second kappa shape index (κ2) is 3.66. The Morgan fingerprint density at radius 2 is 2.27 bits per heavy atom. The number of Topliss-reactive ketones (excluding diaryl/α,β-unsaturated/α-hetero) is 1. The van der Waals surface area contributed by atoms with Crippen molar-refractivity contribution >= 4 is 23.4 Å². The number of hydrogen-bond acceptors (Lipinski definition) is 3. The zero-order chi connectivity index (χ0) is 11.0. The van der Waals surface area contributed by atoms with Gasteiger partial charge in [-0.15, -0.1) is 0 Å². The van der Waals surface area contributed by atoms with Crippen molar-refractivity contribution < 1.29 is 14.3 Å². The molecule has 1 aromatic rings. The summed E-state index contributed by atoms with van der Waals surface area (Å²) in [5, 5.41) is 0.576. The summed E-state index contributed by atoms with van der Waals surface area (Å²) < 4.78 is 4.57. The summed E-state index contributed by atoms with van der Waals surface area (Å²) in [6.45, 7) is 0. The SMILES string of the molecule is COC(=O)[C@H]1Cc2cc(Cl)ccc2C1=O. The quantitative estimate of drug-likeness (QED) is 0.540. The third kappa shape index (κ3) is 1.63. The van der Waals surface area contributed by atoms with Gasteiger partial charge in [-0.3, -0.25) is 9.59 Å². The zero-order valence-electron chi connectivity index (χ0n) is 8.12. The van der Waals surface area contributed by atoms with Crippen LogP contribution in [0.3, 0.4) is 0 Å². The molecule has 1 aliphatic carbocycles. The van der Waals surface area contributed by atoms with Crippen LogP contribution in [0.2, 0.25) is 5.02 Å². The van der Waals surface area contributed by atoms with E-state index in [1.54, 1.807) is 18.2 Å². The lowest BCUT2D eigenvalue weighted by molar-refractivity contribution is -0.143. The first-order valence-electron chi connectivity index (χ1n) is 4.54. The molecule has 78 valence electrons. The standard InChI is InChI=1S/C11H9ClO3/c1-15-11(14)9-5-6-4-7(12)2-3-8(6)10(9)13/h2-4,9H,5H2,1H3/t9-/m0/s1. The van der Waals surface area contributed by atoms with Gasteiger partial charge in [-0.05, 0) is 30.2 Å². The van der Waals surface area contributed by atoms with Crippen molar-refractivity contribution in [3.05, 3.63) is 34.3 Å². The zero-order valence-corrected chi connectivity index (χ0v) is 8.88. The van der Waals surface area contributed by atoms with E-state index in [4.69, 9.17) is 11.6 Å². The van der Waals surface area contributed by atoms with Gasteiger partial charge in [0.2, 0.25) is 0 Å². The van der Waals surface area contributed by atoms with Crippen molar-refractivity contribution in [2.24, 2.45) is 5.92 Å². The van der Waals surface area contributed by atoms with Crippen molar-refractivity contribution in [2.45, 2.75) is 6.42 Å². The highest BCUT2D eigenvalue weighted by Crippen LogP contribution is 2.29. The summed E-state index contributed by atoms with van der Waals surface area (Å²) in [6, 6.07) is 5.03. The van der Waals surface area contributed by atoms with Crippen LogP contribution in [0.25, 0.3) is 0 Å². The van der Waals surface area contributed by atoms with Gasteiger partial charge in [0.25, 0.3) is 0 Å². The monoisotopic (exact) mass is 224 g/mol. The molecule has 0 aromatic heterocycles. The maximum atomic E-state index is 11.8. The Balaban J connectivity index is 2.37. The molecular weight excluding hydrogens is 216 g/mol. The molecule has 0 spiro atoms. The van der Waals surface area contributed by atoms with Crippen molar-refractivity contribution in [3.63, 3.8) is 0 Å². The van der Waals surface area contributed by atoms with E-state index in [0.29, 0.717) is 17.0 Å². The molecule has 1 aliphatic rings. The van der Waals surface area contributed by atoms with Crippen LogP contribution in [0.5, 0.6) is 0 Å². The summed E-state index contributed by atoms with van der Waals surface area (Å²) in [5.74, 6) is -1.34. The first-order valence-corrected chi connectivity index (χ1v) is 4.91. The largest absolute Gasteiger partial charge is 0.468 e. The van der Waals surface area contributed by atoms with Crippen LogP contribution in [0, 0.1) is 5.92 Å². The molecule has 0 N–H and O–H groups in total. The molecular formula is C11H9ClO3. The number of carbonyl (C=O) groups is 2. The molecule has 0 amide bonds. The number of halogens is 1. The van der Waals surface area contributed by atoms with Crippen molar-refractivity contribution in [1.29, 1.82) is 0 Å². The van der Waals surface area contributed by atoms with E-state index in [9.17, 15) is 9.59 Å². The molecule has 0 radical (unpaired) electrons. The number of fused-ring (bicyclic) bond motifs is 1. The third-order valence-electron chi connectivity index (χ3n) is 2.56. The Bertz CT molecular complexity index is 439. The molecule has 0 heterocycles. The molecule has 0 saturated heterocycles. The second-order valence-corrected chi connectivity index (χ2v) is 3.88. The number of rotatable bonds is 1. The number of ether oxygens (including phenoxy) is 1. The average Bonchev–Trinajstić information content (AvgIpc) is 2.54. The van der Waals surface area contributed by atoms with E-state index in [0.717, 1.165) is 5.56 Å². The van der Waals surface area contributed by atoms with Gasteiger partial charge in [0, 0.05) is 10.6 Å². The number of ketones is 1. The molecule has 0 saturated carbocycles. The minimum absolute atomic E-state index is 0.173. The normalized spacial score (nSPS) is 18.8. The Labute approximate surface area is 92.0 Å². The van der Waals surface area contributed by atoms with Gasteiger partial charge in [-0.2, -0.15) is 0 Å². The molecule has 2 rings (SSSR count). The predicted octanol–water partition coefficient (Wildman–Crippen LogP) is 1.87. The fourth-order valence-corrected chi connectivity index (χ4v) is 2.00. The molecule has 0 bridgehead atoms. The minimum Gasteiger partial charge on any atom is -0.468 e. The Morgan fingerprint density at radius 1 is 1.53 bits per heavy atom. The van der Waals surface area contributed by atoms with Crippen LogP contribution in [-0.2, 0) is 16.0 Å². The van der Waals surface area contributed by atoms with Gasteiger partial charge in [-0.1, -0.05) is 11.6 Å². The molecule has 0 aliphatic heterocycles. The highest BCUT2D eigenvalue weighted by Gasteiger charge is 2.36. The van der Waals surface area contributed by atoms with Crippen LogP contribution < -0.4 is 0 Å². The Morgan fingerprint density at radius 3 is 2.93 bits per heavy atom. The maximum Gasteiger partial charge on any atom is 0.316 e. The molecule has 4 heteroatoms. The lowest BCUT2D eigenvalue weighted by Gasteiger charge is -2.03. The lowest BCUT2D eigenvalue weighted by Crippen LogP contribution is -2.21. The van der Waals surface area contributed by atoms with Crippen molar-refractivity contribution in [3.8, 4) is 0 Å². The summed E-state index contributed by atoms with van der Waals surface area (Å²) in [6.07, 6.45) is 0.390. The summed E-state index contributed by atoms with van der Waals surface area (Å²) in [4.78, 5) is 23.1. The highest BCUT2D eigenvalue weighted by atomic mass is 35.5. The lowest BCUT2D eigenvalue weighted by atomic mass is 10.1. The third-order valence-corrected chi connectivity index (χ3v) is 2.79. The maximum absolute atomic E-state index is 11.8. The van der Waals surface area contributed by atoms with Crippen molar-refractivity contribution in [2.75, 3.05) is 7.11 Å². The van der Waals surface area contributed by atoms with Crippen LogP contribution in [0.15, 0.2) is 18.2 Å². The van der Waals surface area contributed by atoms with Gasteiger partial charge < -0.3 is 4.74 Å². The van der Waals surface area contributed by atoms with E-state index in [-0.39, 0.29) is 5.78 Å². The van der Waals surface area contributed by atoms with E-state index in [1.165, 1.54) is 7.11 Å². The second-order valence-electron chi connectivity index (χ2n) is 3.45. The van der Waals surface area contributed by atoms with E-state index in [2.05, 4.69) is 4.74 Å². The highest BCUT2D eigenvalue weighted by molar-refractivity contribution is 6.31. The number of methoxy groups -OCH3 is 1.